The minimum absolute atomic E-state index is 0.0721. The van der Waals surface area contributed by atoms with Gasteiger partial charge in [0.15, 0.2) is 23.3 Å². The van der Waals surface area contributed by atoms with E-state index >= 15 is 4.39 Å². The van der Waals surface area contributed by atoms with E-state index in [-0.39, 0.29) is 28.1 Å². The fourth-order valence-electron chi connectivity index (χ4n) is 4.79. The summed E-state index contributed by atoms with van der Waals surface area (Å²) >= 11 is 6.53. The molecule has 0 bridgehead atoms. The molecule has 0 fully saturated rings. The van der Waals surface area contributed by atoms with Gasteiger partial charge in [0.1, 0.15) is 5.75 Å². The Balaban J connectivity index is 2.01. The third-order valence-corrected chi connectivity index (χ3v) is 6.44. The van der Waals surface area contributed by atoms with E-state index in [9.17, 15) is 14.4 Å². The summed E-state index contributed by atoms with van der Waals surface area (Å²) in [5, 5.41) is 9.75. The monoisotopic (exact) mass is 496 g/mol. The topological polar surface area (TPSA) is 85.3 Å². The second-order valence-electron chi connectivity index (χ2n) is 9.51. The highest BCUT2D eigenvalue weighted by Gasteiger charge is 2.55. The lowest BCUT2D eigenvalue weighted by Crippen LogP contribution is -2.53. The minimum atomic E-state index is -1.26. The van der Waals surface area contributed by atoms with Crippen molar-refractivity contribution >= 4 is 17.7 Å². The van der Waals surface area contributed by atoms with Crippen molar-refractivity contribution in [1.29, 1.82) is 5.26 Å². The quantitative estimate of drug-likeness (QED) is 0.447. The van der Waals surface area contributed by atoms with Crippen LogP contribution in [0.15, 0.2) is 54.6 Å². The molecule has 1 aliphatic heterocycles. The van der Waals surface area contributed by atoms with Crippen LogP contribution in [0.5, 0.6) is 5.75 Å². The lowest BCUT2D eigenvalue weighted by atomic mass is 9.72. The van der Waals surface area contributed by atoms with Crippen LogP contribution < -0.4 is 10.5 Å². The van der Waals surface area contributed by atoms with E-state index in [4.69, 9.17) is 26.8 Å². The highest BCUT2D eigenvalue weighted by molar-refractivity contribution is 6.33. The molecule has 0 radical (unpaired) electrons. The molecule has 0 saturated heterocycles. The zero-order valence-electron chi connectivity index (χ0n) is 19.4. The average Bonchev–Trinajstić information content (AvgIpc) is 3.20. The molecule has 1 amide bonds. The summed E-state index contributed by atoms with van der Waals surface area (Å²) in [5.41, 5.74) is 4.55. The van der Waals surface area contributed by atoms with Crippen molar-refractivity contribution in [1.82, 2.24) is 0 Å². The van der Waals surface area contributed by atoms with E-state index in [1.807, 2.05) is 57.2 Å². The number of primary amides is 1. The fourth-order valence-corrected chi connectivity index (χ4v) is 5.06. The average molecular weight is 497 g/mol. The first-order valence-corrected chi connectivity index (χ1v) is 11.3. The predicted molar refractivity (Wildman–Crippen MR) is 128 cm³/mol. The summed E-state index contributed by atoms with van der Waals surface area (Å²) in [6.07, 6.45) is -1.75. The van der Waals surface area contributed by atoms with Gasteiger partial charge in [0.25, 0.3) is 0 Å². The van der Waals surface area contributed by atoms with Crippen LogP contribution in [0, 0.1) is 28.4 Å². The van der Waals surface area contributed by atoms with Gasteiger partial charge in [-0.1, -0.05) is 62.7 Å². The zero-order valence-corrected chi connectivity index (χ0v) is 20.1. The van der Waals surface area contributed by atoms with Crippen LogP contribution in [0.1, 0.15) is 37.5 Å². The van der Waals surface area contributed by atoms with Crippen molar-refractivity contribution < 1.29 is 23.0 Å². The SMILES string of the molecule is CC(C)(C)C(OC(N)=O)C1(c2ccccc2)Cc2c(ccc(Cl)c2-c2c(C#N)ccc(F)c2F)O1. The van der Waals surface area contributed by atoms with E-state index in [0.717, 1.165) is 6.07 Å². The van der Waals surface area contributed by atoms with Crippen molar-refractivity contribution in [3.63, 3.8) is 0 Å². The molecule has 0 saturated carbocycles. The molecule has 8 heteroatoms. The maximum atomic E-state index is 15.1. The van der Waals surface area contributed by atoms with Gasteiger partial charge in [0, 0.05) is 33.5 Å². The number of nitrogens with zero attached hydrogens (tertiary/aromatic N) is 1. The highest BCUT2D eigenvalue weighted by atomic mass is 35.5. The number of hydrogen-bond donors (Lipinski definition) is 1. The lowest BCUT2D eigenvalue weighted by molar-refractivity contribution is -0.100. The number of ether oxygens (including phenoxy) is 2. The van der Waals surface area contributed by atoms with Gasteiger partial charge in [-0.15, -0.1) is 0 Å². The highest BCUT2D eigenvalue weighted by Crippen LogP contribution is 2.53. The lowest BCUT2D eigenvalue weighted by Gasteiger charge is -2.43. The summed E-state index contributed by atoms with van der Waals surface area (Å²) in [6.45, 7) is 5.64. The standard InChI is InChI=1S/C27H23ClF2N2O3/c1-26(2,3)24(34-25(32)33)27(16-7-5-4-6-8-16)13-17-20(35-27)12-10-18(28)22(17)21-15(14-31)9-11-19(29)23(21)30/h4-12,24H,13H2,1-3H3,(H2,32,33). The Bertz CT molecular complexity index is 1350. The molecule has 2 atom stereocenters. The number of carbonyl (C=O) groups is 1. The Morgan fingerprint density at radius 2 is 1.83 bits per heavy atom. The number of halogens is 3. The van der Waals surface area contributed by atoms with Crippen LogP contribution >= 0.6 is 11.6 Å². The summed E-state index contributed by atoms with van der Waals surface area (Å²) in [7, 11) is 0. The van der Waals surface area contributed by atoms with E-state index in [1.165, 1.54) is 12.1 Å². The molecule has 35 heavy (non-hydrogen) atoms. The third kappa shape index (κ3) is 4.19. The van der Waals surface area contributed by atoms with Crippen molar-refractivity contribution in [2.45, 2.75) is 38.9 Å². The largest absolute Gasteiger partial charge is 0.478 e. The van der Waals surface area contributed by atoms with Gasteiger partial charge in [0.2, 0.25) is 0 Å². The number of benzene rings is 3. The number of carbonyl (C=O) groups excluding carboxylic acids is 1. The molecule has 4 rings (SSSR count). The number of fused-ring (bicyclic) bond motifs is 1. The second-order valence-corrected chi connectivity index (χ2v) is 9.92. The van der Waals surface area contributed by atoms with Gasteiger partial charge in [-0.25, -0.2) is 13.6 Å². The van der Waals surface area contributed by atoms with Crippen LogP contribution in [0.2, 0.25) is 5.02 Å². The number of nitriles is 1. The fraction of sp³-hybridized carbons (Fsp3) is 0.259. The van der Waals surface area contributed by atoms with Gasteiger partial charge < -0.3 is 15.2 Å². The molecule has 0 aliphatic carbocycles. The normalized spacial score (nSPS) is 17.7. The number of hydrogen-bond acceptors (Lipinski definition) is 4. The van der Waals surface area contributed by atoms with Crippen LogP contribution in [0.3, 0.4) is 0 Å². The van der Waals surface area contributed by atoms with Gasteiger partial charge in [-0.05, 0) is 29.8 Å². The van der Waals surface area contributed by atoms with Crippen LogP contribution in [-0.4, -0.2) is 12.2 Å². The predicted octanol–water partition coefficient (Wildman–Crippen LogP) is 6.50. The summed E-state index contributed by atoms with van der Waals surface area (Å²) in [4.78, 5) is 12.0. The summed E-state index contributed by atoms with van der Waals surface area (Å²) in [5.74, 6) is -1.94. The Labute approximate surface area is 207 Å². The molecule has 2 N–H and O–H groups in total. The molecular formula is C27H23ClF2N2O3. The Morgan fingerprint density at radius 1 is 1.14 bits per heavy atom. The number of rotatable bonds is 4. The molecule has 180 valence electrons. The van der Waals surface area contributed by atoms with Gasteiger partial charge >= 0.3 is 6.09 Å². The molecule has 2 unspecified atom stereocenters. The van der Waals surface area contributed by atoms with Crippen LogP contribution in [-0.2, 0) is 16.8 Å². The first kappa shape index (κ1) is 24.5. The zero-order chi connectivity index (χ0) is 25.5. The molecular weight excluding hydrogens is 474 g/mol. The van der Waals surface area contributed by atoms with E-state index in [0.29, 0.717) is 16.9 Å². The molecule has 0 spiro atoms. The smallest absolute Gasteiger partial charge is 0.404 e. The third-order valence-electron chi connectivity index (χ3n) is 6.12. The first-order chi connectivity index (χ1) is 16.5. The molecule has 3 aromatic carbocycles. The van der Waals surface area contributed by atoms with Gasteiger partial charge in [-0.3, -0.25) is 0 Å². The minimum Gasteiger partial charge on any atom is -0.478 e. The Kier molecular flexibility index (Phi) is 6.20. The van der Waals surface area contributed by atoms with Crippen molar-refractivity contribution in [3.8, 4) is 22.9 Å². The first-order valence-electron chi connectivity index (χ1n) is 10.9. The molecule has 3 aromatic rings. The van der Waals surface area contributed by atoms with E-state index in [1.54, 1.807) is 6.07 Å². The van der Waals surface area contributed by atoms with Crippen LogP contribution in [0.25, 0.3) is 11.1 Å². The van der Waals surface area contributed by atoms with E-state index < -0.39 is 34.8 Å². The summed E-state index contributed by atoms with van der Waals surface area (Å²) in [6, 6.07) is 16.3. The summed E-state index contributed by atoms with van der Waals surface area (Å²) < 4.78 is 41.6. The van der Waals surface area contributed by atoms with Crippen molar-refractivity contribution in [2.24, 2.45) is 11.1 Å². The van der Waals surface area contributed by atoms with Crippen molar-refractivity contribution in [3.05, 3.63) is 87.9 Å². The maximum Gasteiger partial charge on any atom is 0.404 e. The molecule has 0 aromatic heterocycles. The van der Waals surface area contributed by atoms with Crippen molar-refractivity contribution in [2.75, 3.05) is 0 Å². The number of nitrogens with two attached hydrogens (primary N) is 1. The van der Waals surface area contributed by atoms with Gasteiger partial charge in [-0.2, -0.15) is 5.26 Å². The van der Waals surface area contributed by atoms with E-state index in [2.05, 4.69) is 0 Å². The molecule has 1 heterocycles. The van der Waals surface area contributed by atoms with Crippen LogP contribution in [0.4, 0.5) is 13.6 Å². The van der Waals surface area contributed by atoms with Gasteiger partial charge in [0.05, 0.1) is 11.6 Å². The number of amides is 1. The second kappa shape index (κ2) is 8.86. The molecule has 5 nitrogen and oxygen atoms in total. The Hall–Kier alpha value is -3.63. The maximum absolute atomic E-state index is 15.1. The molecule has 1 aliphatic rings. The Morgan fingerprint density at radius 3 is 2.43 bits per heavy atom.